The lowest BCUT2D eigenvalue weighted by Gasteiger charge is -2.47. The molecule has 5 nitrogen and oxygen atoms in total. The van der Waals surface area contributed by atoms with Crippen LogP contribution in [0.15, 0.2) is 95.1 Å². The first kappa shape index (κ1) is 21.1. The Morgan fingerprint density at radius 2 is 1.42 bits per heavy atom. The maximum absolute atomic E-state index is 13.8. The summed E-state index contributed by atoms with van der Waals surface area (Å²) in [4.78, 5) is 13.8. The lowest BCUT2D eigenvalue weighted by molar-refractivity contribution is 0.0358. The molecule has 33 heavy (non-hydrogen) atoms. The lowest BCUT2D eigenvalue weighted by Crippen LogP contribution is -2.63. The SMILES string of the molecule is CC1=NN(C(=O)c2ccccc2)C2(CC(c3ccc(C)cc3)=NN2c2ccccc2)C1(C)C. The van der Waals surface area contributed by atoms with Crippen molar-refractivity contribution in [2.45, 2.75) is 39.8 Å². The molecule has 3 aromatic carbocycles. The number of benzene rings is 3. The summed E-state index contributed by atoms with van der Waals surface area (Å²) in [5.41, 5.74) is 4.43. The van der Waals surface area contributed by atoms with Crippen LogP contribution >= 0.6 is 0 Å². The number of anilines is 1. The monoisotopic (exact) mass is 436 g/mol. The molecule has 0 radical (unpaired) electrons. The molecule has 2 heterocycles. The minimum atomic E-state index is -0.800. The molecular formula is C28H28N4O. The number of hydrogen-bond donors (Lipinski definition) is 0. The first-order valence-electron chi connectivity index (χ1n) is 11.3. The number of rotatable bonds is 3. The van der Waals surface area contributed by atoms with E-state index in [2.05, 4.69) is 45.0 Å². The Kier molecular flexibility index (Phi) is 4.93. The summed E-state index contributed by atoms with van der Waals surface area (Å²) in [5.74, 6) is -0.123. The van der Waals surface area contributed by atoms with Gasteiger partial charge in [-0.3, -0.25) is 4.79 Å². The number of nitrogens with zero attached hydrogens (tertiary/aromatic N) is 4. The second-order valence-electron chi connectivity index (χ2n) is 9.35. The minimum absolute atomic E-state index is 0.123. The minimum Gasteiger partial charge on any atom is -0.267 e. The Morgan fingerprint density at radius 1 is 0.818 bits per heavy atom. The molecule has 1 atom stereocenters. The molecule has 2 aliphatic rings. The van der Waals surface area contributed by atoms with E-state index < -0.39 is 11.1 Å². The van der Waals surface area contributed by atoms with E-state index in [1.807, 2.05) is 72.6 Å². The summed E-state index contributed by atoms with van der Waals surface area (Å²) in [6.45, 7) is 8.41. The lowest BCUT2D eigenvalue weighted by atomic mass is 9.72. The molecule has 0 saturated heterocycles. The van der Waals surface area contributed by atoms with Gasteiger partial charge in [-0.05, 0) is 43.7 Å². The van der Waals surface area contributed by atoms with Gasteiger partial charge < -0.3 is 0 Å². The molecule has 0 bridgehead atoms. The van der Waals surface area contributed by atoms with Crippen molar-refractivity contribution in [3.05, 3.63) is 102 Å². The van der Waals surface area contributed by atoms with Crippen molar-refractivity contribution >= 4 is 23.0 Å². The number of hydrogen-bond acceptors (Lipinski definition) is 4. The second-order valence-corrected chi connectivity index (χ2v) is 9.35. The summed E-state index contributed by atoms with van der Waals surface area (Å²) < 4.78 is 0. The fourth-order valence-corrected chi connectivity index (χ4v) is 4.77. The molecule has 0 saturated carbocycles. The van der Waals surface area contributed by atoms with Crippen LogP contribution in [0.4, 0.5) is 5.69 Å². The predicted octanol–water partition coefficient (Wildman–Crippen LogP) is 5.86. The van der Waals surface area contributed by atoms with E-state index in [9.17, 15) is 4.79 Å². The van der Waals surface area contributed by atoms with Crippen molar-refractivity contribution in [2.24, 2.45) is 15.6 Å². The van der Waals surface area contributed by atoms with Crippen LogP contribution in [0.1, 0.15) is 48.7 Å². The van der Waals surface area contributed by atoms with Crippen molar-refractivity contribution in [1.82, 2.24) is 5.01 Å². The van der Waals surface area contributed by atoms with Crippen molar-refractivity contribution < 1.29 is 4.79 Å². The van der Waals surface area contributed by atoms with Crippen LogP contribution in [0.5, 0.6) is 0 Å². The van der Waals surface area contributed by atoms with E-state index in [1.54, 1.807) is 5.01 Å². The summed E-state index contributed by atoms with van der Waals surface area (Å²) in [6.07, 6.45) is 0.567. The van der Waals surface area contributed by atoms with E-state index in [4.69, 9.17) is 10.2 Å². The average Bonchev–Trinajstić information content (AvgIpc) is 3.33. The molecule has 0 aliphatic carbocycles. The Bertz CT molecular complexity index is 1250. The topological polar surface area (TPSA) is 48.3 Å². The molecule has 0 aromatic heterocycles. The first-order valence-corrected chi connectivity index (χ1v) is 11.3. The maximum Gasteiger partial charge on any atom is 0.276 e. The zero-order valence-electron chi connectivity index (χ0n) is 19.5. The number of aryl methyl sites for hydroxylation is 1. The molecule has 1 unspecified atom stereocenters. The molecule has 5 heteroatoms. The van der Waals surface area contributed by atoms with Crippen molar-refractivity contribution in [1.29, 1.82) is 0 Å². The van der Waals surface area contributed by atoms with Gasteiger partial charge in [0.25, 0.3) is 5.91 Å². The van der Waals surface area contributed by atoms with Gasteiger partial charge in [-0.2, -0.15) is 10.2 Å². The fraction of sp³-hybridized carbons (Fsp3) is 0.250. The zero-order valence-corrected chi connectivity index (χ0v) is 19.5. The molecule has 1 spiro atoms. The zero-order chi connectivity index (χ0) is 23.2. The third kappa shape index (κ3) is 3.18. The van der Waals surface area contributed by atoms with Gasteiger partial charge in [0.2, 0.25) is 0 Å². The van der Waals surface area contributed by atoms with Crippen molar-refractivity contribution in [3.8, 4) is 0 Å². The van der Waals surface area contributed by atoms with Gasteiger partial charge in [-0.1, -0.05) is 80.1 Å². The molecule has 166 valence electrons. The Hall–Kier alpha value is -3.73. The molecule has 0 N–H and O–H groups in total. The molecule has 1 amide bonds. The van der Waals surface area contributed by atoms with Crippen LogP contribution in [-0.4, -0.2) is 28.0 Å². The Balaban J connectivity index is 1.69. The van der Waals surface area contributed by atoms with Gasteiger partial charge in [-0.25, -0.2) is 10.0 Å². The highest BCUT2D eigenvalue weighted by Gasteiger charge is 2.64. The highest BCUT2D eigenvalue weighted by atomic mass is 16.2. The van der Waals surface area contributed by atoms with E-state index in [-0.39, 0.29) is 5.91 Å². The van der Waals surface area contributed by atoms with Gasteiger partial charge in [0, 0.05) is 17.7 Å². The van der Waals surface area contributed by atoms with Crippen LogP contribution < -0.4 is 5.01 Å². The van der Waals surface area contributed by atoms with Crippen molar-refractivity contribution in [2.75, 3.05) is 5.01 Å². The summed E-state index contributed by atoms with van der Waals surface area (Å²) in [7, 11) is 0. The second kappa shape index (κ2) is 7.69. The van der Waals surface area contributed by atoms with Crippen LogP contribution in [0.2, 0.25) is 0 Å². The summed E-state index contributed by atoms with van der Waals surface area (Å²) in [5, 5.41) is 13.7. The number of carbonyl (C=O) groups excluding carboxylic acids is 1. The van der Waals surface area contributed by atoms with E-state index in [1.165, 1.54) is 5.56 Å². The molecule has 5 rings (SSSR count). The normalized spacial score (nSPS) is 21.3. The molecule has 3 aromatic rings. The standard InChI is InChI=1S/C28H28N4O/c1-20-15-17-22(18-16-20)25-19-28(31(30-25)24-13-9-6-10-14-24)27(3,4)21(2)29-32(28)26(33)23-11-7-5-8-12-23/h5-18H,19H2,1-4H3. The molecular weight excluding hydrogens is 408 g/mol. The summed E-state index contributed by atoms with van der Waals surface area (Å²) in [6, 6.07) is 27.9. The number of carbonyl (C=O) groups is 1. The third-order valence-electron chi connectivity index (χ3n) is 7.09. The van der Waals surface area contributed by atoms with Gasteiger partial charge in [0.05, 0.1) is 16.8 Å². The highest BCUT2D eigenvalue weighted by molar-refractivity contribution is 6.08. The van der Waals surface area contributed by atoms with E-state index in [0.717, 1.165) is 22.7 Å². The Labute approximate surface area is 195 Å². The Morgan fingerprint density at radius 3 is 2.06 bits per heavy atom. The fourth-order valence-electron chi connectivity index (χ4n) is 4.77. The quantitative estimate of drug-likeness (QED) is 0.516. The number of amides is 1. The van der Waals surface area contributed by atoms with E-state index >= 15 is 0 Å². The molecule has 2 aliphatic heterocycles. The number of hydrazone groups is 2. The van der Waals surface area contributed by atoms with Gasteiger partial charge >= 0.3 is 0 Å². The van der Waals surface area contributed by atoms with E-state index in [0.29, 0.717) is 12.0 Å². The molecule has 0 fully saturated rings. The van der Waals surface area contributed by atoms with Crippen LogP contribution in [-0.2, 0) is 0 Å². The smallest absolute Gasteiger partial charge is 0.267 e. The average molecular weight is 437 g/mol. The maximum atomic E-state index is 13.8. The third-order valence-corrected chi connectivity index (χ3v) is 7.09. The number of para-hydroxylation sites is 1. The first-order chi connectivity index (χ1) is 15.8. The predicted molar refractivity (Wildman–Crippen MR) is 133 cm³/mol. The summed E-state index contributed by atoms with van der Waals surface area (Å²) >= 11 is 0. The van der Waals surface area contributed by atoms with Crippen LogP contribution in [0.3, 0.4) is 0 Å². The van der Waals surface area contributed by atoms with Gasteiger partial charge in [0.1, 0.15) is 0 Å². The van der Waals surface area contributed by atoms with Crippen molar-refractivity contribution in [3.63, 3.8) is 0 Å². The van der Waals surface area contributed by atoms with Crippen LogP contribution in [0.25, 0.3) is 0 Å². The van der Waals surface area contributed by atoms with Gasteiger partial charge in [-0.15, -0.1) is 0 Å². The van der Waals surface area contributed by atoms with Crippen LogP contribution in [0, 0.1) is 12.3 Å². The highest BCUT2D eigenvalue weighted by Crippen LogP contribution is 2.53. The largest absolute Gasteiger partial charge is 0.276 e. The van der Waals surface area contributed by atoms with Gasteiger partial charge in [0.15, 0.2) is 5.66 Å².